The molecule has 1 unspecified atom stereocenters. The molecule has 0 heterocycles. The molecule has 1 rings (SSSR count). The molecule has 1 aromatic carbocycles. The van der Waals surface area contributed by atoms with E-state index in [1.165, 1.54) is 12.1 Å². The molecular weight excluding hydrogens is 266 g/mol. The second-order valence-electron chi connectivity index (χ2n) is 4.52. The van der Waals surface area contributed by atoms with Gasteiger partial charge >= 0.3 is 6.61 Å². The van der Waals surface area contributed by atoms with Gasteiger partial charge in [-0.25, -0.2) is 0 Å². The number of carbonyl (C=O) groups excluding carboxylic acids is 1. The van der Waals surface area contributed by atoms with Crippen LogP contribution in [0.15, 0.2) is 24.3 Å². The zero-order valence-electron chi connectivity index (χ0n) is 11.7. The van der Waals surface area contributed by atoms with E-state index in [0.29, 0.717) is 6.54 Å². The predicted octanol–water partition coefficient (Wildman–Crippen LogP) is 1.94. The van der Waals surface area contributed by atoms with Crippen molar-refractivity contribution in [2.75, 3.05) is 13.6 Å². The van der Waals surface area contributed by atoms with E-state index >= 15 is 0 Å². The number of amides is 1. The number of alkyl halides is 2. The first-order valence-corrected chi connectivity index (χ1v) is 6.49. The highest BCUT2D eigenvalue weighted by atomic mass is 19.3. The van der Waals surface area contributed by atoms with Gasteiger partial charge in [0.15, 0.2) is 0 Å². The molecule has 112 valence electrons. The Kier molecular flexibility index (Phi) is 6.93. The zero-order chi connectivity index (χ0) is 15.0. The van der Waals surface area contributed by atoms with Gasteiger partial charge in [-0.3, -0.25) is 4.79 Å². The van der Waals surface area contributed by atoms with Crippen LogP contribution in [0.3, 0.4) is 0 Å². The third-order valence-electron chi connectivity index (χ3n) is 2.90. The quantitative estimate of drug-likeness (QED) is 0.768. The van der Waals surface area contributed by atoms with E-state index in [-0.39, 0.29) is 17.7 Å². The number of aryl methyl sites for hydroxylation is 1. The standard InChI is InChI=1S/C14H20F2N2O2/c1-10(18-9-13(19)17-2)3-4-11-5-7-12(8-6-11)20-14(15)16/h5-8,10,14,18H,3-4,9H2,1-2H3,(H,17,19). The van der Waals surface area contributed by atoms with Crippen LogP contribution < -0.4 is 15.4 Å². The first kappa shape index (κ1) is 16.4. The summed E-state index contributed by atoms with van der Waals surface area (Å²) in [6.45, 7) is -0.509. The largest absolute Gasteiger partial charge is 0.435 e. The predicted molar refractivity (Wildman–Crippen MR) is 72.9 cm³/mol. The van der Waals surface area contributed by atoms with Crippen molar-refractivity contribution in [1.82, 2.24) is 10.6 Å². The van der Waals surface area contributed by atoms with Crippen LogP contribution in [0, 0.1) is 0 Å². The maximum Gasteiger partial charge on any atom is 0.387 e. The Hall–Kier alpha value is -1.69. The van der Waals surface area contributed by atoms with Crippen LogP contribution in [0.1, 0.15) is 18.9 Å². The summed E-state index contributed by atoms with van der Waals surface area (Å²) >= 11 is 0. The van der Waals surface area contributed by atoms with Gasteiger partial charge in [-0.2, -0.15) is 8.78 Å². The van der Waals surface area contributed by atoms with Gasteiger partial charge in [0.05, 0.1) is 6.54 Å². The van der Waals surface area contributed by atoms with Crippen LogP contribution in [0.2, 0.25) is 0 Å². The molecule has 6 heteroatoms. The Morgan fingerprint density at radius 3 is 2.50 bits per heavy atom. The summed E-state index contributed by atoms with van der Waals surface area (Å²) in [5.41, 5.74) is 1.04. The van der Waals surface area contributed by atoms with Gasteiger partial charge in [0.25, 0.3) is 0 Å². The number of nitrogens with one attached hydrogen (secondary N) is 2. The van der Waals surface area contributed by atoms with Crippen molar-refractivity contribution in [3.05, 3.63) is 29.8 Å². The molecule has 0 spiro atoms. The molecule has 1 atom stereocenters. The summed E-state index contributed by atoms with van der Waals surface area (Å²) in [7, 11) is 1.59. The number of hydrogen-bond donors (Lipinski definition) is 2. The maximum absolute atomic E-state index is 12.0. The number of ether oxygens (including phenoxy) is 1. The van der Waals surface area contributed by atoms with Gasteiger partial charge in [0.1, 0.15) is 5.75 Å². The van der Waals surface area contributed by atoms with Crippen LogP contribution in [-0.4, -0.2) is 32.2 Å². The van der Waals surface area contributed by atoms with Crippen LogP contribution in [0.5, 0.6) is 5.75 Å². The third-order valence-corrected chi connectivity index (χ3v) is 2.90. The topological polar surface area (TPSA) is 50.4 Å². The van der Waals surface area contributed by atoms with E-state index in [1.807, 2.05) is 6.92 Å². The molecule has 0 aliphatic carbocycles. The van der Waals surface area contributed by atoms with Gasteiger partial charge in [-0.05, 0) is 37.5 Å². The minimum Gasteiger partial charge on any atom is -0.435 e. The van der Waals surface area contributed by atoms with Gasteiger partial charge in [-0.15, -0.1) is 0 Å². The van der Waals surface area contributed by atoms with Crippen molar-refractivity contribution in [1.29, 1.82) is 0 Å². The molecule has 0 aliphatic heterocycles. The fourth-order valence-electron chi connectivity index (χ4n) is 1.68. The third kappa shape index (κ3) is 6.47. The molecular formula is C14H20F2N2O2. The number of carbonyl (C=O) groups is 1. The Balaban J connectivity index is 2.32. The minimum absolute atomic E-state index is 0.0506. The summed E-state index contributed by atoms with van der Waals surface area (Å²) < 4.78 is 28.3. The average molecular weight is 286 g/mol. The second kappa shape index (κ2) is 8.47. The number of halogens is 2. The lowest BCUT2D eigenvalue weighted by Gasteiger charge is -2.13. The lowest BCUT2D eigenvalue weighted by molar-refractivity contribution is -0.119. The molecule has 2 N–H and O–H groups in total. The first-order chi connectivity index (χ1) is 9.51. The van der Waals surface area contributed by atoms with Crippen LogP contribution >= 0.6 is 0 Å². The fourth-order valence-corrected chi connectivity index (χ4v) is 1.68. The van der Waals surface area contributed by atoms with Crippen molar-refractivity contribution in [2.24, 2.45) is 0 Å². The lowest BCUT2D eigenvalue weighted by atomic mass is 10.1. The zero-order valence-corrected chi connectivity index (χ0v) is 11.7. The van der Waals surface area contributed by atoms with E-state index in [0.717, 1.165) is 18.4 Å². The normalized spacial score (nSPS) is 12.2. The maximum atomic E-state index is 12.0. The van der Waals surface area contributed by atoms with Crippen LogP contribution in [0.4, 0.5) is 8.78 Å². The summed E-state index contributed by atoms with van der Waals surface area (Å²) in [5.74, 6) is 0.111. The molecule has 0 aromatic heterocycles. The molecule has 1 amide bonds. The number of benzene rings is 1. The monoisotopic (exact) mass is 286 g/mol. The summed E-state index contributed by atoms with van der Waals surface area (Å²) in [6.07, 6.45) is 1.66. The Morgan fingerprint density at radius 1 is 1.30 bits per heavy atom. The molecule has 0 bridgehead atoms. The summed E-state index contributed by atoms with van der Waals surface area (Å²) in [5, 5.41) is 5.64. The molecule has 0 saturated heterocycles. The molecule has 4 nitrogen and oxygen atoms in total. The Morgan fingerprint density at radius 2 is 1.95 bits per heavy atom. The number of hydrogen-bond acceptors (Lipinski definition) is 3. The van der Waals surface area contributed by atoms with E-state index in [9.17, 15) is 13.6 Å². The van der Waals surface area contributed by atoms with Crippen molar-refractivity contribution < 1.29 is 18.3 Å². The van der Waals surface area contributed by atoms with Crippen LogP contribution in [0.25, 0.3) is 0 Å². The molecule has 0 fully saturated rings. The highest BCUT2D eigenvalue weighted by Gasteiger charge is 2.06. The van der Waals surface area contributed by atoms with Gasteiger partial charge < -0.3 is 15.4 Å². The minimum atomic E-state index is -2.80. The highest BCUT2D eigenvalue weighted by Crippen LogP contribution is 2.16. The average Bonchev–Trinajstić information content (AvgIpc) is 2.43. The summed E-state index contributed by atoms with van der Waals surface area (Å²) in [6, 6.07) is 6.80. The Labute approximate surface area is 117 Å². The smallest absolute Gasteiger partial charge is 0.387 e. The highest BCUT2D eigenvalue weighted by molar-refractivity contribution is 5.77. The van der Waals surface area contributed by atoms with E-state index in [4.69, 9.17) is 0 Å². The van der Waals surface area contributed by atoms with Crippen molar-refractivity contribution in [3.8, 4) is 5.75 Å². The second-order valence-corrected chi connectivity index (χ2v) is 4.52. The van der Waals surface area contributed by atoms with Crippen molar-refractivity contribution >= 4 is 5.91 Å². The van der Waals surface area contributed by atoms with E-state index in [2.05, 4.69) is 15.4 Å². The van der Waals surface area contributed by atoms with E-state index < -0.39 is 6.61 Å². The molecule has 20 heavy (non-hydrogen) atoms. The van der Waals surface area contributed by atoms with Gasteiger partial charge in [-0.1, -0.05) is 12.1 Å². The molecule has 1 aromatic rings. The SMILES string of the molecule is CNC(=O)CNC(C)CCc1ccc(OC(F)F)cc1. The van der Waals surface area contributed by atoms with Crippen molar-refractivity contribution in [3.63, 3.8) is 0 Å². The van der Waals surface area contributed by atoms with Gasteiger partial charge in [0.2, 0.25) is 5.91 Å². The van der Waals surface area contributed by atoms with Crippen molar-refractivity contribution in [2.45, 2.75) is 32.4 Å². The molecule has 0 radical (unpaired) electrons. The Bertz CT molecular complexity index is 410. The molecule has 0 aliphatic rings. The number of likely N-dealkylation sites (N-methyl/N-ethyl adjacent to an activating group) is 1. The molecule has 0 saturated carbocycles. The number of rotatable bonds is 8. The van der Waals surface area contributed by atoms with Crippen LogP contribution in [-0.2, 0) is 11.2 Å². The lowest BCUT2D eigenvalue weighted by Crippen LogP contribution is -2.36. The van der Waals surface area contributed by atoms with E-state index in [1.54, 1.807) is 19.2 Å². The fraction of sp³-hybridized carbons (Fsp3) is 0.500. The first-order valence-electron chi connectivity index (χ1n) is 6.49. The van der Waals surface area contributed by atoms with Gasteiger partial charge in [0, 0.05) is 13.1 Å². The summed E-state index contributed by atoms with van der Waals surface area (Å²) in [4.78, 5) is 11.1.